The standard InChI is InChI=1S/C25H23F3N2O6/c1-33-22-11-10-19(36-25(26,27)28)13-20(22)30-24(32)29-14-18-7-3-4-9-21(18)35-15-16-6-5-8-17(12-16)23(31)34-2/h3-13H,14-15H2,1-2H3,(H2,29,30,32). The topological polar surface area (TPSA) is 95.1 Å². The maximum Gasteiger partial charge on any atom is 0.573 e. The van der Waals surface area contributed by atoms with Gasteiger partial charge in [-0.05, 0) is 35.9 Å². The fraction of sp³-hybridized carbons (Fsp3) is 0.200. The summed E-state index contributed by atoms with van der Waals surface area (Å²) in [4.78, 5) is 24.2. The molecule has 0 saturated heterocycles. The van der Waals surface area contributed by atoms with E-state index in [2.05, 4.69) is 15.4 Å². The number of ether oxygens (including phenoxy) is 4. The molecule has 3 aromatic rings. The second-order valence-electron chi connectivity index (χ2n) is 7.31. The number of rotatable bonds is 9. The van der Waals surface area contributed by atoms with Crippen molar-refractivity contribution in [1.82, 2.24) is 5.32 Å². The summed E-state index contributed by atoms with van der Waals surface area (Å²) in [6, 6.07) is 16.4. The molecule has 2 N–H and O–H groups in total. The van der Waals surface area contributed by atoms with Crippen LogP contribution in [0.5, 0.6) is 17.2 Å². The van der Waals surface area contributed by atoms with Crippen LogP contribution in [-0.2, 0) is 17.9 Å². The van der Waals surface area contributed by atoms with Crippen LogP contribution in [0.15, 0.2) is 66.7 Å². The number of carbonyl (C=O) groups is 2. The lowest BCUT2D eigenvalue weighted by atomic mass is 10.1. The largest absolute Gasteiger partial charge is 0.573 e. The van der Waals surface area contributed by atoms with Crippen molar-refractivity contribution in [2.24, 2.45) is 0 Å². The molecule has 11 heteroatoms. The Kier molecular flexibility index (Phi) is 8.61. The Morgan fingerprint density at radius 2 is 1.69 bits per heavy atom. The number of nitrogens with one attached hydrogen (secondary N) is 2. The van der Waals surface area contributed by atoms with E-state index in [-0.39, 0.29) is 24.6 Å². The summed E-state index contributed by atoms with van der Waals surface area (Å²) in [5, 5.41) is 5.08. The molecular formula is C25H23F3N2O6. The number of halogens is 3. The summed E-state index contributed by atoms with van der Waals surface area (Å²) < 4.78 is 57.1. The van der Waals surface area contributed by atoms with Gasteiger partial charge < -0.3 is 29.6 Å². The molecule has 0 heterocycles. The number of hydrogen-bond donors (Lipinski definition) is 2. The minimum absolute atomic E-state index is 0.00762. The van der Waals surface area contributed by atoms with Crippen molar-refractivity contribution in [2.45, 2.75) is 19.5 Å². The smallest absolute Gasteiger partial charge is 0.495 e. The third-order valence-corrected chi connectivity index (χ3v) is 4.81. The molecular weight excluding hydrogens is 481 g/mol. The Morgan fingerprint density at radius 1 is 0.917 bits per heavy atom. The molecule has 3 rings (SSSR count). The number of anilines is 1. The van der Waals surface area contributed by atoms with E-state index < -0.39 is 24.1 Å². The molecule has 0 radical (unpaired) electrons. The number of alkyl halides is 3. The first-order valence-electron chi connectivity index (χ1n) is 10.5. The minimum atomic E-state index is -4.88. The molecule has 0 aromatic heterocycles. The zero-order valence-corrected chi connectivity index (χ0v) is 19.3. The number of hydrogen-bond acceptors (Lipinski definition) is 6. The van der Waals surface area contributed by atoms with Crippen molar-refractivity contribution < 1.29 is 41.7 Å². The molecule has 0 fully saturated rings. The number of benzene rings is 3. The summed E-state index contributed by atoms with van der Waals surface area (Å²) in [6.07, 6.45) is -4.88. The highest BCUT2D eigenvalue weighted by Gasteiger charge is 2.31. The Labute approximate surface area is 204 Å². The first-order valence-corrected chi connectivity index (χ1v) is 10.5. The van der Waals surface area contributed by atoms with Gasteiger partial charge in [0.1, 0.15) is 23.9 Å². The van der Waals surface area contributed by atoms with E-state index in [1.807, 2.05) is 0 Å². The molecule has 36 heavy (non-hydrogen) atoms. The lowest BCUT2D eigenvalue weighted by Gasteiger charge is -2.15. The highest BCUT2D eigenvalue weighted by molar-refractivity contribution is 5.91. The second-order valence-corrected chi connectivity index (χ2v) is 7.31. The van der Waals surface area contributed by atoms with E-state index >= 15 is 0 Å². The minimum Gasteiger partial charge on any atom is -0.495 e. The molecule has 2 amide bonds. The molecule has 0 spiro atoms. The van der Waals surface area contributed by atoms with Crippen LogP contribution in [0.25, 0.3) is 0 Å². The normalized spacial score (nSPS) is 10.8. The van der Waals surface area contributed by atoms with Crippen molar-refractivity contribution in [3.63, 3.8) is 0 Å². The van der Waals surface area contributed by atoms with E-state index in [0.29, 0.717) is 16.9 Å². The summed E-state index contributed by atoms with van der Waals surface area (Å²) in [5.74, 6) is -0.315. The predicted molar refractivity (Wildman–Crippen MR) is 124 cm³/mol. The zero-order chi connectivity index (χ0) is 26.1. The molecule has 8 nitrogen and oxygen atoms in total. The molecule has 0 atom stereocenters. The van der Waals surface area contributed by atoms with Crippen LogP contribution in [0.2, 0.25) is 0 Å². The van der Waals surface area contributed by atoms with Crippen molar-refractivity contribution in [3.05, 3.63) is 83.4 Å². The van der Waals surface area contributed by atoms with Gasteiger partial charge >= 0.3 is 18.4 Å². The number of esters is 1. The van der Waals surface area contributed by atoms with E-state index in [1.165, 1.54) is 20.3 Å². The van der Waals surface area contributed by atoms with Gasteiger partial charge in [0.2, 0.25) is 0 Å². The van der Waals surface area contributed by atoms with E-state index in [0.717, 1.165) is 17.7 Å². The number of urea groups is 1. The van der Waals surface area contributed by atoms with Gasteiger partial charge in [0, 0.05) is 18.2 Å². The van der Waals surface area contributed by atoms with Gasteiger partial charge in [0.05, 0.1) is 25.5 Å². The van der Waals surface area contributed by atoms with Gasteiger partial charge in [-0.2, -0.15) is 0 Å². The Bertz CT molecular complexity index is 1220. The van der Waals surface area contributed by atoms with Crippen LogP contribution < -0.4 is 24.8 Å². The highest BCUT2D eigenvalue weighted by atomic mass is 19.4. The summed E-state index contributed by atoms with van der Waals surface area (Å²) in [5.41, 5.74) is 1.78. The van der Waals surface area contributed by atoms with E-state index in [9.17, 15) is 22.8 Å². The zero-order valence-electron chi connectivity index (χ0n) is 19.3. The number of para-hydroxylation sites is 1. The maximum atomic E-state index is 12.5. The van der Waals surface area contributed by atoms with Gasteiger partial charge in [-0.15, -0.1) is 13.2 Å². The van der Waals surface area contributed by atoms with Crippen LogP contribution in [0.3, 0.4) is 0 Å². The number of methoxy groups -OCH3 is 2. The highest BCUT2D eigenvalue weighted by Crippen LogP contribution is 2.32. The van der Waals surface area contributed by atoms with Gasteiger partial charge in [-0.1, -0.05) is 30.3 Å². The van der Waals surface area contributed by atoms with Crippen LogP contribution >= 0.6 is 0 Å². The molecule has 0 bridgehead atoms. The molecule has 0 unspecified atom stereocenters. The van der Waals surface area contributed by atoms with Crippen molar-refractivity contribution in [2.75, 3.05) is 19.5 Å². The first kappa shape index (κ1) is 26.2. The predicted octanol–water partition coefficient (Wildman–Crippen LogP) is 5.28. The Hall–Kier alpha value is -4.41. The van der Waals surface area contributed by atoms with Gasteiger partial charge in [0.25, 0.3) is 0 Å². The van der Waals surface area contributed by atoms with Crippen molar-refractivity contribution in [1.29, 1.82) is 0 Å². The lowest BCUT2D eigenvalue weighted by molar-refractivity contribution is -0.274. The summed E-state index contributed by atoms with van der Waals surface area (Å²) in [6.45, 7) is 0.225. The van der Waals surface area contributed by atoms with E-state index in [4.69, 9.17) is 14.2 Å². The van der Waals surface area contributed by atoms with Crippen molar-refractivity contribution in [3.8, 4) is 17.2 Å². The average molecular weight is 504 g/mol. The van der Waals surface area contributed by atoms with Crippen LogP contribution in [-0.4, -0.2) is 32.6 Å². The van der Waals surface area contributed by atoms with E-state index in [1.54, 1.807) is 48.5 Å². The molecule has 0 aliphatic heterocycles. The Balaban J connectivity index is 1.63. The quantitative estimate of drug-likeness (QED) is 0.385. The van der Waals surface area contributed by atoms with Crippen molar-refractivity contribution >= 4 is 17.7 Å². The SMILES string of the molecule is COC(=O)c1cccc(COc2ccccc2CNC(=O)Nc2cc(OC(F)(F)F)ccc2OC)c1. The maximum absolute atomic E-state index is 12.5. The van der Waals surface area contributed by atoms with Gasteiger partial charge in [0.15, 0.2) is 0 Å². The third-order valence-electron chi connectivity index (χ3n) is 4.81. The fourth-order valence-electron chi connectivity index (χ4n) is 3.18. The molecule has 190 valence electrons. The monoisotopic (exact) mass is 504 g/mol. The number of amides is 2. The molecule has 0 saturated carbocycles. The molecule has 3 aromatic carbocycles. The summed E-state index contributed by atoms with van der Waals surface area (Å²) in [7, 11) is 2.62. The summed E-state index contributed by atoms with van der Waals surface area (Å²) >= 11 is 0. The molecule has 0 aliphatic carbocycles. The van der Waals surface area contributed by atoms with Crippen LogP contribution in [0, 0.1) is 0 Å². The number of carbonyl (C=O) groups excluding carboxylic acids is 2. The third kappa shape index (κ3) is 7.55. The second kappa shape index (κ2) is 11.8. The Morgan fingerprint density at radius 3 is 2.42 bits per heavy atom. The first-order chi connectivity index (χ1) is 17.2. The van der Waals surface area contributed by atoms with Gasteiger partial charge in [-0.25, -0.2) is 9.59 Å². The van der Waals surface area contributed by atoms with Gasteiger partial charge in [-0.3, -0.25) is 0 Å². The van der Waals surface area contributed by atoms with Crippen LogP contribution in [0.1, 0.15) is 21.5 Å². The fourth-order valence-corrected chi connectivity index (χ4v) is 3.18. The lowest BCUT2D eigenvalue weighted by Crippen LogP contribution is -2.28. The average Bonchev–Trinajstić information content (AvgIpc) is 2.85. The molecule has 0 aliphatic rings. The van der Waals surface area contributed by atoms with Crippen LogP contribution in [0.4, 0.5) is 23.7 Å².